The summed E-state index contributed by atoms with van der Waals surface area (Å²) in [6, 6.07) is 3.70. The highest BCUT2D eigenvalue weighted by Crippen LogP contribution is 2.29. The second-order valence-electron chi connectivity index (χ2n) is 2.52. The predicted octanol–water partition coefficient (Wildman–Crippen LogP) is 1.58. The Balaban J connectivity index is 0.000000845. The van der Waals surface area contributed by atoms with E-state index in [-0.39, 0.29) is 12.4 Å². The van der Waals surface area contributed by atoms with Gasteiger partial charge in [0.2, 0.25) is 0 Å². The van der Waals surface area contributed by atoms with Crippen molar-refractivity contribution in [2.24, 2.45) is 0 Å². The van der Waals surface area contributed by atoms with Crippen LogP contribution in [0.15, 0.2) is 18.3 Å². The molecular weight excluding hydrogens is 190 g/mol. The first kappa shape index (κ1) is 9.67. The molecule has 3 N–H and O–H groups in total. The second kappa shape index (κ2) is 3.53. The summed E-state index contributed by atoms with van der Waals surface area (Å²) in [6.07, 6.45) is 1.73. The third kappa shape index (κ3) is 1.40. The molecule has 0 radical (unpaired) electrons. The van der Waals surface area contributed by atoms with E-state index in [0.717, 1.165) is 10.9 Å². The predicted molar refractivity (Wildman–Crippen MR) is 54.3 cm³/mol. The Morgan fingerprint density at radius 3 is 2.92 bits per heavy atom. The molecule has 4 nitrogen and oxygen atoms in total. The SMILES string of the molecule is COc1c(N)ccc2cn[nH]c12.Cl. The zero-order valence-electron chi connectivity index (χ0n) is 7.07. The van der Waals surface area contributed by atoms with Crippen LogP contribution in [-0.2, 0) is 0 Å². The van der Waals surface area contributed by atoms with E-state index >= 15 is 0 Å². The molecule has 0 aliphatic rings. The van der Waals surface area contributed by atoms with Crippen LogP contribution in [0.1, 0.15) is 0 Å². The number of nitrogens with zero attached hydrogens (tertiary/aromatic N) is 1. The lowest BCUT2D eigenvalue weighted by molar-refractivity contribution is 0.421. The Bertz CT molecular complexity index is 413. The number of hydrogen-bond acceptors (Lipinski definition) is 3. The fourth-order valence-corrected chi connectivity index (χ4v) is 1.22. The maximum atomic E-state index is 5.68. The number of fused-ring (bicyclic) bond motifs is 1. The Labute approximate surface area is 81.5 Å². The zero-order chi connectivity index (χ0) is 8.55. The summed E-state index contributed by atoms with van der Waals surface area (Å²) in [5.41, 5.74) is 7.15. The molecule has 0 aliphatic heterocycles. The molecule has 1 aromatic heterocycles. The molecule has 0 unspecified atom stereocenters. The summed E-state index contributed by atoms with van der Waals surface area (Å²) in [4.78, 5) is 0. The summed E-state index contributed by atoms with van der Waals surface area (Å²) in [5.74, 6) is 0.657. The van der Waals surface area contributed by atoms with Crippen LogP contribution in [0.2, 0.25) is 0 Å². The van der Waals surface area contributed by atoms with Gasteiger partial charge >= 0.3 is 0 Å². The van der Waals surface area contributed by atoms with E-state index in [9.17, 15) is 0 Å². The normalized spacial score (nSPS) is 9.62. The van der Waals surface area contributed by atoms with Gasteiger partial charge in [-0.25, -0.2) is 0 Å². The number of hydrogen-bond donors (Lipinski definition) is 2. The lowest BCUT2D eigenvalue weighted by Gasteiger charge is -2.03. The van der Waals surface area contributed by atoms with E-state index in [0.29, 0.717) is 11.4 Å². The van der Waals surface area contributed by atoms with E-state index in [4.69, 9.17) is 10.5 Å². The quantitative estimate of drug-likeness (QED) is 0.686. The number of ether oxygens (including phenoxy) is 1. The molecule has 0 saturated heterocycles. The fourth-order valence-electron chi connectivity index (χ4n) is 1.22. The van der Waals surface area contributed by atoms with Gasteiger partial charge in [0.15, 0.2) is 5.75 Å². The molecule has 0 amide bonds. The average molecular weight is 200 g/mol. The van der Waals surface area contributed by atoms with Crippen molar-refractivity contribution in [3.8, 4) is 5.75 Å². The van der Waals surface area contributed by atoms with E-state index in [1.165, 1.54) is 0 Å². The number of anilines is 1. The van der Waals surface area contributed by atoms with Gasteiger partial charge in [0.05, 0.1) is 19.0 Å². The highest BCUT2D eigenvalue weighted by molar-refractivity contribution is 5.89. The highest BCUT2D eigenvalue weighted by Gasteiger charge is 2.05. The van der Waals surface area contributed by atoms with E-state index in [1.54, 1.807) is 19.4 Å². The third-order valence-electron chi connectivity index (χ3n) is 1.80. The van der Waals surface area contributed by atoms with Gasteiger partial charge in [-0.2, -0.15) is 5.10 Å². The first-order chi connectivity index (χ1) is 5.83. The van der Waals surface area contributed by atoms with Crippen molar-refractivity contribution in [2.45, 2.75) is 0 Å². The maximum Gasteiger partial charge on any atom is 0.167 e. The fraction of sp³-hybridized carbons (Fsp3) is 0.125. The van der Waals surface area contributed by atoms with Gasteiger partial charge in [0.25, 0.3) is 0 Å². The van der Waals surface area contributed by atoms with Crippen molar-refractivity contribution in [1.82, 2.24) is 10.2 Å². The Morgan fingerprint density at radius 2 is 2.23 bits per heavy atom. The first-order valence-electron chi connectivity index (χ1n) is 3.58. The minimum atomic E-state index is 0. The van der Waals surface area contributed by atoms with E-state index in [1.807, 2.05) is 6.07 Å². The van der Waals surface area contributed by atoms with Crippen molar-refractivity contribution < 1.29 is 4.74 Å². The molecule has 1 heterocycles. The molecule has 0 saturated carbocycles. The zero-order valence-corrected chi connectivity index (χ0v) is 7.89. The van der Waals surface area contributed by atoms with Gasteiger partial charge < -0.3 is 10.5 Å². The van der Waals surface area contributed by atoms with Gasteiger partial charge in [-0.1, -0.05) is 0 Å². The summed E-state index contributed by atoms with van der Waals surface area (Å²) in [7, 11) is 1.59. The molecule has 0 spiro atoms. The van der Waals surface area contributed by atoms with Crippen molar-refractivity contribution in [1.29, 1.82) is 0 Å². The van der Waals surface area contributed by atoms with Crippen LogP contribution >= 0.6 is 12.4 Å². The van der Waals surface area contributed by atoms with Gasteiger partial charge in [-0.15, -0.1) is 12.4 Å². The van der Waals surface area contributed by atoms with Crippen LogP contribution in [0.4, 0.5) is 5.69 Å². The third-order valence-corrected chi connectivity index (χ3v) is 1.80. The van der Waals surface area contributed by atoms with E-state index < -0.39 is 0 Å². The smallest absolute Gasteiger partial charge is 0.167 e. The van der Waals surface area contributed by atoms with Crippen molar-refractivity contribution in [2.75, 3.05) is 12.8 Å². The number of benzene rings is 1. The van der Waals surface area contributed by atoms with Crippen LogP contribution in [0.3, 0.4) is 0 Å². The first-order valence-corrected chi connectivity index (χ1v) is 3.58. The molecule has 0 fully saturated rings. The lowest BCUT2D eigenvalue weighted by Crippen LogP contribution is -1.92. The Hall–Kier alpha value is -1.42. The molecular formula is C8H10ClN3O. The number of methoxy groups -OCH3 is 1. The van der Waals surface area contributed by atoms with Crippen LogP contribution in [0.5, 0.6) is 5.75 Å². The number of rotatable bonds is 1. The highest BCUT2D eigenvalue weighted by atomic mass is 35.5. The number of nitrogen functional groups attached to an aromatic ring is 1. The molecule has 1 aromatic carbocycles. The monoisotopic (exact) mass is 199 g/mol. The number of aromatic amines is 1. The largest absolute Gasteiger partial charge is 0.492 e. The standard InChI is InChI=1S/C8H9N3O.ClH/c1-12-8-6(9)3-2-5-4-10-11-7(5)8;/h2-4H,9H2,1H3,(H,10,11);1H. The summed E-state index contributed by atoms with van der Waals surface area (Å²) in [6.45, 7) is 0. The molecule has 2 rings (SSSR count). The van der Waals surface area contributed by atoms with Crippen molar-refractivity contribution >= 4 is 29.0 Å². The van der Waals surface area contributed by atoms with Crippen molar-refractivity contribution in [3.05, 3.63) is 18.3 Å². The molecule has 70 valence electrons. The minimum absolute atomic E-state index is 0. The number of halogens is 1. The lowest BCUT2D eigenvalue weighted by atomic mass is 10.2. The average Bonchev–Trinajstić information content (AvgIpc) is 2.52. The van der Waals surface area contributed by atoms with Crippen LogP contribution < -0.4 is 10.5 Å². The maximum absolute atomic E-state index is 5.68. The number of nitrogens with one attached hydrogen (secondary N) is 1. The number of H-pyrrole nitrogens is 1. The minimum Gasteiger partial charge on any atom is -0.492 e. The summed E-state index contributed by atoms with van der Waals surface area (Å²) in [5, 5.41) is 7.72. The molecule has 13 heavy (non-hydrogen) atoms. The van der Waals surface area contributed by atoms with Crippen LogP contribution in [0.25, 0.3) is 10.9 Å². The summed E-state index contributed by atoms with van der Waals surface area (Å²) >= 11 is 0. The number of nitrogens with two attached hydrogens (primary N) is 1. The number of aromatic nitrogens is 2. The molecule has 0 atom stereocenters. The van der Waals surface area contributed by atoms with Gasteiger partial charge in [-0.05, 0) is 12.1 Å². The van der Waals surface area contributed by atoms with Crippen LogP contribution in [-0.4, -0.2) is 17.3 Å². The second-order valence-corrected chi connectivity index (χ2v) is 2.52. The Kier molecular flexibility index (Phi) is 2.63. The van der Waals surface area contributed by atoms with Gasteiger partial charge in [-0.3, -0.25) is 5.10 Å². The van der Waals surface area contributed by atoms with E-state index in [2.05, 4.69) is 10.2 Å². The van der Waals surface area contributed by atoms with Gasteiger partial charge in [0, 0.05) is 5.39 Å². The topological polar surface area (TPSA) is 63.9 Å². The molecule has 0 aliphatic carbocycles. The molecule has 2 aromatic rings. The molecule has 5 heteroatoms. The Morgan fingerprint density at radius 1 is 1.46 bits per heavy atom. The molecule has 0 bridgehead atoms. The van der Waals surface area contributed by atoms with Crippen molar-refractivity contribution in [3.63, 3.8) is 0 Å². The summed E-state index contributed by atoms with van der Waals surface area (Å²) < 4.78 is 5.12. The van der Waals surface area contributed by atoms with Gasteiger partial charge in [0.1, 0.15) is 5.52 Å². The van der Waals surface area contributed by atoms with Crippen LogP contribution in [0, 0.1) is 0 Å².